The van der Waals surface area contributed by atoms with Gasteiger partial charge in [-0.05, 0) is 49.2 Å². The summed E-state index contributed by atoms with van der Waals surface area (Å²) in [4.78, 5) is 15.1. The molecule has 28 heavy (non-hydrogen) atoms. The highest BCUT2D eigenvalue weighted by atomic mass is 16.5. The Morgan fingerprint density at radius 3 is 2.57 bits per heavy atom. The van der Waals surface area contributed by atoms with Gasteiger partial charge < -0.3 is 14.1 Å². The fraction of sp³-hybridized carbons (Fsp3) is 0.318. The molecule has 144 valence electrons. The molecular formula is C22H23N3O3. The Morgan fingerprint density at radius 2 is 1.82 bits per heavy atom. The molecule has 0 aliphatic carbocycles. The van der Waals surface area contributed by atoms with Crippen molar-refractivity contribution in [1.82, 2.24) is 15.1 Å². The summed E-state index contributed by atoms with van der Waals surface area (Å²) in [6.07, 6.45) is 3.90. The average molecular weight is 377 g/mol. The van der Waals surface area contributed by atoms with Gasteiger partial charge in [0.25, 0.3) is 5.91 Å². The zero-order valence-electron chi connectivity index (χ0n) is 15.9. The lowest BCUT2D eigenvalue weighted by molar-refractivity contribution is 0.0652. The Labute approximate surface area is 164 Å². The number of likely N-dealkylation sites (tertiary alicyclic amines) is 1. The molecule has 1 amide bonds. The first-order valence-electron chi connectivity index (χ1n) is 9.60. The van der Waals surface area contributed by atoms with Crippen molar-refractivity contribution >= 4 is 5.91 Å². The SMILES string of the molecule is COc1ccc(C(=O)N2CCCCCC2c2nnc(-c3ccccc3)o2)cc1. The van der Waals surface area contributed by atoms with E-state index in [4.69, 9.17) is 9.15 Å². The summed E-state index contributed by atoms with van der Waals surface area (Å²) in [6.45, 7) is 0.679. The molecule has 6 heteroatoms. The van der Waals surface area contributed by atoms with Crippen LogP contribution in [0.1, 0.15) is 48.0 Å². The molecule has 0 bridgehead atoms. The quantitative estimate of drug-likeness (QED) is 0.669. The van der Waals surface area contributed by atoms with Crippen molar-refractivity contribution in [1.29, 1.82) is 0 Å². The smallest absolute Gasteiger partial charge is 0.254 e. The number of carbonyl (C=O) groups is 1. The Morgan fingerprint density at radius 1 is 1.04 bits per heavy atom. The average Bonchev–Trinajstić information content (AvgIpc) is 3.12. The normalized spacial score (nSPS) is 17.2. The van der Waals surface area contributed by atoms with Gasteiger partial charge in [-0.2, -0.15) is 0 Å². The lowest BCUT2D eigenvalue weighted by Gasteiger charge is -2.27. The van der Waals surface area contributed by atoms with Crippen molar-refractivity contribution in [2.75, 3.05) is 13.7 Å². The number of amides is 1. The monoisotopic (exact) mass is 377 g/mol. The number of hydrogen-bond donors (Lipinski definition) is 0. The van der Waals surface area contributed by atoms with E-state index < -0.39 is 0 Å². The minimum atomic E-state index is -0.206. The molecule has 3 aromatic rings. The topological polar surface area (TPSA) is 68.5 Å². The largest absolute Gasteiger partial charge is 0.497 e. The van der Waals surface area contributed by atoms with Crippen LogP contribution in [0.25, 0.3) is 11.5 Å². The van der Waals surface area contributed by atoms with Crippen molar-refractivity contribution in [3.05, 3.63) is 66.1 Å². The van der Waals surface area contributed by atoms with Crippen LogP contribution in [0.5, 0.6) is 5.75 Å². The minimum Gasteiger partial charge on any atom is -0.497 e. The van der Waals surface area contributed by atoms with Crippen LogP contribution in [0.4, 0.5) is 0 Å². The predicted molar refractivity (Wildman–Crippen MR) is 105 cm³/mol. The maximum Gasteiger partial charge on any atom is 0.254 e. The molecule has 1 aliphatic rings. The van der Waals surface area contributed by atoms with E-state index in [1.54, 1.807) is 31.4 Å². The summed E-state index contributed by atoms with van der Waals surface area (Å²) in [5, 5.41) is 8.49. The molecule has 0 saturated carbocycles. The third kappa shape index (κ3) is 3.76. The van der Waals surface area contributed by atoms with Crippen LogP contribution in [0.2, 0.25) is 0 Å². The fourth-order valence-electron chi connectivity index (χ4n) is 3.57. The first-order chi connectivity index (χ1) is 13.8. The number of benzene rings is 2. The fourth-order valence-corrected chi connectivity index (χ4v) is 3.57. The van der Waals surface area contributed by atoms with E-state index in [1.165, 1.54) is 0 Å². The zero-order chi connectivity index (χ0) is 19.3. The van der Waals surface area contributed by atoms with Crippen molar-refractivity contribution in [2.45, 2.75) is 31.7 Å². The molecule has 1 atom stereocenters. The standard InChI is InChI=1S/C22H23N3O3/c1-27-18-13-11-17(12-14-18)22(26)25-15-7-3-6-10-19(25)21-24-23-20(28-21)16-8-4-2-5-9-16/h2,4-5,8-9,11-14,19H,3,6-7,10,15H2,1H3. The second-order valence-corrected chi connectivity index (χ2v) is 6.90. The van der Waals surface area contributed by atoms with Crippen molar-refractivity contribution in [2.24, 2.45) is 0 Å². The number of nitrogens with zero attached hydrogens (tertiary/aromatic N) is 3. The van der Waals surface area contributed by atoms with Gasteiger partial charge in [0.1, 0.15) is 11.8 Å². The Hall–Kier alpha value is -3.15. The summed E-state index contributed by atoms with van der Waals surface area (Å²) in [5.41, 5.74) is 1.51. The molecule has 1 saturated heterocycles. The second-order valence-electron chi connectivity index (χ2n) is 6.90. The van der Waals surface area contributed by atoms with Crippen molar-refractivity contribution in [3.63, 3.8) is 0 Å². The third-order valence-electron chi connectivity index (χ3n) is 5.10. The van der Waals surface area contributed by atoms with Crippen molar-refractivity contribution in [3.8, 4) is 17.2 Å². The molecule has 0 N–H and O–H groups in total. The highest BCUT2D eigenvalue weighted by Crippen LogP contribution is 2.32. The van der Waals surface area contributed by atoms with Crippen LogP contribution in [-0.2, 0) is 0 Å². The Bertz CT molecular complexity index is 922. The Balaban J connectivity index is 1.61. The molecular weight excluding hydrogens is 354 g/mol. The van der Waals surface area contributed by atoms with Crippen LogP contribution < -0.4 is 4.74 Å². The van der Waals surface area contributed by atoms with Crippen LogP contribution in [0, 0.1) is 0 Å². The molecule has 1 unspecified atom stereocenters. The summed E-state index contributed by atoms with van der Waals surface area (Å²) in [5.74, 6) is 1.70. The Kier molecular flexibility index (Phi) is 5.37. The number of carbonyl (C=O) groups excluding carboxylic acids is 1. The summed E-state index contributed by atoms with van der Waals surface area (Å²) in [6, 6.07) is 16.7. The number of rotatable bonds is 4. The van der Waals surface area contributed by atoms with E-state index in [1.807, 2.05) is 35.2 Å². The van der Waals surface area contributed by atoms with Crippen LogP contribution in [-0.4, -0.2) is 34.7 Å². The van der Waals surface area contributed by atoms with Gasteiger partial charge in [-0.25, -0.2) is 0 Å². The van der Waals surface area contributed by atoms with E-state index in [-0.39, 0.29) is 11.9 Å². The van der Waals surface area contributed by atoms with Crippen LogP contribution in [0.15, 0.2) is 59.0 Å². The molecule has 4 rings (SSSR count). The maximum atomic E-state index is 13.2. The van der Waals surface area contributed by atoms with Gasteiger partial charge in [-0.15, -0.1) is 10.2 Å². The van der Waals surface area contributed by atoms with E-state index in [9.17, 15) is 4.79 Å². The first-order valence-corrected chi connectivity index (χ1v) is 9.60. The van der Waals surface area contributed by atoms with Gasteiger partial charge >= 0.3 is 0 Å². The van der Waals surface area contributed by atoms with Gasteiger partial charge in [0.15, 0.2) is 0 Å². The lowest BCUT2D eigenvalue weighted by atomic mass is 10.1. The summed E-state index contributed by atoms with van der Waals surface area (Å²) >= 11 is 0. The molecule has 0 radical (unpaired) electrons. The van der Waals surface area contributed by atoms with Gasteiger partial charge in [0, 0.05) is 17.7 Å². The van der Waals surface area contributed by atoms with E-state index in [0.29, 0.717) is 23.9 Å². The highest BCUT2D eigenvalue weighted by Gasteiger charge is 2.31. The molecule has 1 aliphatic heterocycles. The lowest BCUT2D eigenvalue weighted by Crippen LogP contribution is -2.35. The minimum absolute atomic E-state index is 0.0194. The molecule has 0 spiro atoms. The molecule has 1 fully saturated rings. The number of methoxy groups -OCH3 is 1. The van der Waals surface area contributed by atoms with E-state index in [0.717, 1.165) is 37.0 Å². The molecule has 2 heterocycles. The summed E-state index contributed by atoms with van der Waals surface area (Å²) < 4.78 is 11.2. The van der Waals surface area contributed by atoms with Gasteiger partial charge in [-0.1, -0.05) is 31.0 Å². The van der Waals surface area contributed by atoms with E-state index >= 15 is 0 Å². The summed E-state index contributed by atoms with van der Waals surface area (Å²) in [7, 11) is 1.61. The first kappa shape index (κ1) is 18.2. The van der Waals surface area contributed by atoms with Crippen LogP contribution >= 0.6 is 0 Å². The van der Waals surface area contributed by atoms with Crippen molar-refractivity contribution < 1.29 is 13.9 Å². The number of ether oxygens (including phenoxy) is 1. The van der Waals surface area contributed by atoms with Gasteiger partial charge in [0.2, 0.25) is 11.8 Å². The van der Waals surface area contributed by atoms with E-state index in [2.05, 4.69) is 10.2 Å². The zero-order valence-corrected chi connectivity index (χ0v) is 15.9. The predicted octanol–water partition coefficient (Wildman–Crippen LogP) is 4.50. The third-order valence-corrected chi connectivity index (χ3v) is 5.10. The van der Waals surface area contributed by atoms with Gasteiger partial charge in [0.05, 0.1) is 7.11 Å². The molecule has 1 aromatic heterocycles. The second kappa shape index (κ2) is 8.25. The number of hydrogen-bond acceptors (Lipinski definition) is 5. The number of aromatic nitrogens is 2. The molecule has 6 nitrogen and oxygen atoms in total. The molecule has 2 aromatic carbocycles. The highest BCUT2D eigenvalue weighted by molar-refractivity contribution is 5.94. The maximum absolute atomic E-state index is 13.2. The van der Waals surface area contributed by atoms with Gasteiger partial charge in [-0.3, -0.25) is 4.79 Å². The van der Waals surface area contributed by atoms with Crippen LogP contribution in [0.3, 0.4) is 0 Å².